The van der Waals surface area contributed by atoms with Crippen molar-refractivity contribution >= 4 is 11.8 Å². The van der Waals surface area contributed by atoms with Crippen LogP contribution in [0.2, 0.25) is 0 Å². The Morgan fingerprint density at radius 3 is 2.37 bits per heavy atom. The summed E-state index contributed by atoms with van der Waals surface area (Å²) in [5, 5.41) is 8.82. The molecule has 1 aromatic heterocycles. The van der Waals surface area contributed by atoms with Gasteiger partial charge in [-0.2, -0.15) is 0 Å². The molecule has 0 saturated carbocycles. The van der Waals surface area contributed by atoms with Gasteiger partial charge < -0.3 is 4.74 Å². The van der Waals surface area contributed by atoms with E-state index >= 15 is 0 Å². The summed E-state index contributed by atoms with van der Waals surface area (Å²) in [5.74, 6) is -0.502. The normalized spacial score (nSPS) is 10.9. The van der Waals surface area contributed by atoms with E-state index in [9.17, 15) is 13.2 Å². The van der Waals surface area contributed by atoms with Gasteiger partial charge in [0.25, 0.3) is 0 Å². The molecule has 0 spiro atoms. The largest absolute Gasteiger partial charge is 0.497 e. The van der Waals surface area contributed by atoms with E-state index < -0.39 is 17.5 Å². The molecule has 8 heteroatoms. The predicted octanol–water partition coefficient (Wildman–Crippen LogP) is 5.65. The molecule has 0 aliphatic heterocycles. The molecule has 4 nitrogen and oxygen atoms in total. The number of ether oxygens (including phenoxy) is 1. The summed E-state index contributed by atoms with van der Waals surface area (Å²) < 4.78 is 48.5. The lowest BCUT2D eigenvalue weighted by molar-refractivity contribution is 0.414. The van der Waals surface area contributed by atoms with Crippen LogP contribution in [0.3, 0.4) is 0 Å². The first-order valence-corrected chi connectivity index (χ1v) is 9.97. The Labute approximate surface area is 175 Å². The van der Waals surface area contributed by atoms with Gasteiger partial charge in [0.15, 0.2) is 11.0 Å². The van der Waals surface area contributed by atoms with Crippen LogP contribution in [0.4, 0.5) is 13.2 Å². The van der Waals surface area contributed by atoms with Crippen molar-refractivity contribution in [1.82, 2.24) is 14.8 Å². The Kier molecular flexibility index (Phi) is 5.76. The summed E-state index contributed by atoms with van der Waals surface area (Å²) in [6.07, 6.45) is 0. The zero-order valence-corrected chi connectivity index (χ0v) is 16.7. The molecular weight excluding hydrogens is 411 g/mol. The molecule has 0 radical (unpaired) electrons. The van der Waals surface area contributed by atoms with Crippen LogP contribution in [0.15, 0.2) is 71.9 Å². The lowest BCUT2D eigenvalue weighted by atomic mass is 10.2. The zero-order valence-electron chi connectivity index (χ0n) is 15.8. The Bertz CT molecular complexity index is 1180. The van der Waals surface area contributed by atoms with Crippen molar-refractivity contribution in [1.29, 1.82) is 0 Å². The van der Waals surface area contributed by atoms with Gasteiger partial charge in [-0.15, -0.1) is 10.2 Å². The average molecular weight is 427 g/mol. The van der Waals surface area contributed by atoms with Crippen LogP contribution >= 0.6 is 11.8 Å². The second kappa shape index (κ2) is 8.62. The van der Waals surface area contributed by atoms with E-state index in [-0.39, 0.29) is 5.75 Å². The van der Waals surface area contributed by atoms with Crippen molar-refractivity contribution in [3.63, 3.8) is 0 Å². The van der Waals surface area contributed by atoms with Crippen molar-refractivity contribution in [2.24, 2.45) is 0 Å². The fourth-order valence-corrected chi connectivity index (χ4v) is 3.86. The minimum atomic E-state index is -0.635. The van der Waals surface area contributed by atoms with E-state index in [1.54, 1.807) is 54.1 Å². The highest BCUT2D eigenvalue weighted by Crippen LogP contribution is 2.32. The van der Waals surface area contributed by atoms with Gasteiger partial charge in [0.1, 0.15) is 23.2 Å². The van der Waals surface area contributed by atoms with Crippen molar-refractivity contribution in [2.45, 2.75) is 10.9 Å². The number of nitrogens with zero attached hydrogens (tertiary/aromatic N) is 3. The van der Waals surface area contributed by atoms with Gasteiger partial charge in [-0.05, 0) is 48.0 Å². The molecular formula is C22H16F3N3OS. The van der Waals surface area contributed by atoms with E-state index in [1.165, 1.54) is 30.0 Å². The summed E-state index contributed by atoms with van der Waals surface area (Å²) in [5.41, 5.74) is 1.32. The molecule has 0 aliphatic carbocycles. The van der Waals surface area contributed by atoms with E-state index in [0.29, 0.717) is 33.5 Å². The number of thioether (sulfide) groups is 1. The van der Waals surface area contributed by atoms with Gasteiger partial charge in [0.2, 0.25) is 0 Å². The summed E-state index contributed by atoms with van der Waals surface area (Å²) in [7, 11) is 1.57. The maximum Gasteiger partial charge on any atom is 0.196 e. The number of benzene rings is 3. The first-order valence-electron chi connectivity index (χ1n) is 8.98. The molecule has 0 atom stereocenters. The lowest BCUT2D eigenvalue weighted by Gasteiger charge is -2.12. The first-order chi connectivity index (χ1) is 14.6. The maximum absolute atomic E-state index is 14.4. The zero-order chi connectivity index (χ0) is 21.1. The third kappa shape index (κ3) is 4.04. The number of methoxy groups -OCH3 is 1. The third-order valence-electron chi connectivity index (χ3n) is 4.45. The second-order valence-electron chi connectivity index (χ2n) is 6.34. The van der Waals surface area contributed by atoms with Crippen LogP contribution in [-0.2, 0) is 5.75 Å². The quantitative estimate of drug-likeness (QED) is 0.373. The highest BCUT2D eigenvalue weighted by Gasteiger charge is 2.19. The summed E-state index contributed by atoms with van der Waals surface area (Å²) in [6.45, 7) is 0. The van der Waals surface area contributed by atoms with Crippen LogP contribution in [0.5, 0.6) is 5.75 Å². The average Bonchev–Trinajstić information content (AvgIpc) is 3.17. The molecule has 4 aromatic rings. The highest BCUT2D eigenvalue weighted by molar-refractivity contribution is 7.98. The number of rotatable bonds is 6. The van der Waals surface area contributed by atoms with Crippen molar-refractivity contribution < 1.29 is 17.9 Å². The molecule has 3 aromatic carbocycles. The number of halogens is 3. The van der Waals surface area contributed by atoms with Gasteiger partial charge in [-0.25, -0.2) is 13.2 Å². The number of hydrogen-bond donors (Lipinski definition) is 0. The molecule has 4 rings (SSSR count). The fourth-order valence-electron chi connectivity index (χ4n) is 2.93. The second-order valence-corrected chi connectivity index (χ2v) is 7.29. The van der Waals surface area contributed by atoms with E-state index in [1.807, 2.05) is 0 Å². The number of hydrogen-bond acceptors (Lipinski definition) is 4. The summed E-state index contributed by atoms with van der Waals surface area (Å²) in [4.78, 5) is 0. The van der Waals surface area contributed by atoms with E-state index in [0.717, 1.165) is 6.07 Å². The lowest BCUT2D eigenvalue weighted by Crippen LogP contribution is -2.01. The Morgan fingerprint density at radius 2 is 1.67 bits per heavy atom. The SMILES string of the molecule is COc1ccc(-n2c(SCc3ccc(F)cc3F)nnc2-c2ccccc2F)cc1. The van der Waals surface area contributed by atoms with Crippen LogP contribution in [0, 0.1) is 17.5 Å². The number of aromatic nitrogens is 3. The maximum atomic E-state index is 14.4. The minimum absolute atomic E-state index is 0.206. The topological polar surface area (TPSA) is 39.9 Å². The minimum Gasteiger partial charge on any atom is -0.497 e. The molecule has 0 unspecified atom stereocenters. The molecule has 0 fully saturated rings. The standard InChI is InChI=1S/C22H16F3N3OS/c1-29-17-10-8-16(9-11-17)28-21(18-4-2-3-5-19(18)24)26-27-22(28)30-13-14-6-7-15(23)12-20(14)25/h2-12H,13H2,1H3. The van der Waals surface area contributed by atoms with Gasteiger partial charge in [0, 0.05) is 11.8 Å². The van der Waals surface area contributed by atoms with Gasteiger partial charge in [-0.1, -0.05) is 30.0 Å². The molecule has 30 heavy (non-hydrogen) atoms. The van der Waals surface area contributed by atoms with Crippen molar-refractivity contribution in [3.05, 3.63) is 89.7 Å². The van der Waals surface area contributed by atoms with Crippen LogP contribution in [-0.4, -0.2) is 21.9 Å². The smallest absolute Gasteiger partial charge is 0.196 e. The van der Waals surface area contributed by atoms with Crippen LogP contribution in [0.1, 0.15) is 5.56 Å². The van der Waals surface area contributed by atoms with Crippen molar-refractivity contribution in [3.8, 4) is 22.8 Å². The van der Waals surface area contributed by atoms with Gasteiger partial charge in [0.05, 0.1) is 18.4 Å². The third-order valence-corrected chi connectivity index (χ3v) is 5.43. The molecule has 152 valence electrons. The Balaban J connectivity index is 1.75. The van der Waals surface area contributed by atoms with Crippen LogP contribution < -0.4 is 4.74 Å². The summed E-state index contributed by atoms with van der Waals surface area (Å²) in [6, 6.07) is 16.9. The fraction of sp³-hybridized carbons (Fsp3) is 0.0909. The summed E-state index contributed by atoms with van der Waals surface area (Å²) >= 11 is 1.22. The van der Waals surface area contributed by atoms with Crippen molar-refractivity contribution in [2.75, 3.05) is 7.11 Å². The highest BCUT2D eigenvalue weighted by atomic mass is 32.2. The monoisotopic (exact) mass is 427 g/mol. The molecule has 0 aliphatic rings. The molecule has 0 N–H and O–H groups in total. The van der Waals surface area contributed by atoms with Gasteiger partial charge >= 0.3 is 0 Å². The van der Waals surface area contributed by atoms with Gasteiger partial charge in [-0.3, -0.25) is 4.57 Å². The van der Waals surface area contributed by atoms with E-state index in [4.69, 9.17) is 4.74 Å². The van der Waals surface area contributed by atoms with Crippen LogP contribution in [0.25, 0.3) is 17.1 Å². The Hall–Kier alpha value is -3.26. The first kappa shape index (κ1) is 20.0. The Morgan fingerprint density at radius 1 is 0.900 bits per heavy atom. The molecule has 0 bridgehead atoms. The molecule has 1 heterocycles. The molecule has 0 amide bonds. The molecule has 0 saturated heterocycles. The predicted molar refractivity (Wildman–Crippen MR) is 109 cm³/mol. The van der Waals surface area contributed by atoms with E-state index in [2.05, 4.69) is 10.2 Å².